The van der Waals surface area contributed by atoms with E-state index < -0.39 is 11.7 Å². The molecule has 0 fully saturated rings. The molecule has 1 N–H and O–H groups in total. The first-order valence-electron chi connectivity index (χ1n) is 8.27. The van der Waals surface area contributed by atoms with E-state index in [1.165, 1.54) is 43.8 Å². The predicted octanol–water partition coefficient (Wildman–Crippen LogP) is 5.36. The Morgan fingerprint density at radius 2 is 1.71 bits per heavy atom. The minimum absolute atomic E-state index is 0.0227. The van der Waals surface area contributed by atoms with E-state index in [2.05, 4.69) is 5.32 Å². The molecule has 144 valence electrons. The summed E-state index contributed by atoms with van der Waals surface area (Å²) in [7, 11) is 2.82. The molecule has 3 rings (SSSR count). The second kappa shape index (κ2) is 8.67. The SMILES string of the molecule is COc1cc(F)c(NC(=O)C=Cc2ccc(-c3ccccc3F)s2)cc1OC. The average Bonchev–Trinajstić information content (AvgIpc) is 3.16. The Morgan fingerprint density at radius 1 is 1.00 bits per heavy atom. The molecule has 1 aromatic heterocycles. The fourth-order valence-corrected chi connectivity index (χ4v) is 3.47. The van der Waals surface area contributed by atoms with Gasteiger partial charge in [0.15, 0.2) is 17.3 Å². The van der Waals surface area contributed by atoms with Crippen molar-refractivity contribution >= 4 is 29.0 Å². The van der Waals surface area contributed by atoms with Gasteiger partial charge in [-0.15, -0.1) is 11.3 Å². The summed E-state index contributed by atoms with van der Waals surface area (Å²) in [4.78, 5) is 13.6. The molecule has 0 aliphatic carbocycles. The van der Waals surface area contributed by atoms with Gasteiger partial charge in [0, 0.05) is 33.5 Å². The Hall–Kier alpha value is -3.19. The summed E-state index contributed by atoms with van der Waals surface area (Å²) in [5.74, 6) is -0.922. The fraction of sp³-hybridized carbons (Fsp3) is 0.0952. The minimum atomic E-state index is -0.641. The van der Waals surface area contributed by atoms with Gasteiger partial charge in [0.25, 0.3) is 0 Å². The minimum Gasteiger partial charge on any atom is -0.493 e. The monoisotopic (exact) mass is 401 g/mol. The number of carbonyl (C=O) groups excluding carboxylic acids is 1. The van der Waals surface area contributed by atoms with E-state index in [-0.39, 0.29) is 17.3 Å². The van der Waals surface area contributed by atoms with E-state index in [0.717, 1.165) is 15.8 Å². The van der Waals surface area contributed by atoms with Crippen LogP contribution in [0.4, 0.5) is 14.5 Å². The molecule has 0 bridgehead atoms. The third-order valence-corrected chi connectivity index (χ3v) is 4.98. The maximum Gasteiger partial charge on any atom is 0.248 e. The number of thiophene rings is 1. The lowest BCUT2D eigenvalue weighted by atomic mass is 10.2. The van der Waals surface area contributed by atoms with Crippen LogP contribution in [0.25, 0.3) is 16.5 Å². The molecule has 0 saturated heterocycles. The molecule has 28 heavy (non-hydrogen) atoms. The molecular formula is C21H17F2NO3S. The highest BCUT2D eigenvalue weighted by molar-refractivity contribution is 7.16. The number of methoxy groups -OCH3 is 2. The number of rotatable bonds is 6. The summed E-state index contributed by atoms with van der Waals surface area (Å²) >= 11 is 1.35. The third-order valence-electron chi connectivity index (χ3n) is 3.90. The Morgan fingerprint density at radius 3 is 2.43 bits per heavy atom. The van der Waals surface area contributed by atoms with E-state index in [4.69, 9.17) is 9.47 Å². The van der Waals surface area contributed by atoms with Gasteiger partial charge in [-0.3, -0.25) is 4.79 Å². The Balaban J connectivity index is 1.72. The highest BCUT2D eigenvalue weighted by atomic mass is 32.1. The Bertz CT molecular complexity index is 1030. The van der Waals surface area contributed by atoms with Crippen molar-refractivity contribution in [2.45, 2.75) is 0 Å². The summed E-state index contributed by atoms with van der Waals surface area (Å²) in [5.41, 5.74) is 0.481. The van der Waals surface area contributed by atoms with Crippen molar-refractivity contribution in [3.8, 4) is 21.9 Å². The van der Waals surface area contributed by atoms with Gasteiger partial charge in [-0.25, -0.2) is 8.78 Å². The molecular weight excluding hydrogens is 384 g/mol. The summed E-state index contributed by atoms with van der Waals surface area (Å²) in [6.45, 7) is 0. The number of carbonyl (C=O) groups is 1. The first-order valence-corrected chi connectivity index (χ1v) is 9.08. The van der Waals surface area contributed by atoms with E-state index >= 15 is 0 Å². The predicted molar refractivity (Wildman–Crippen MR) is 107 cm³/mol. The molecule has 0 unspecified atom stereocenters. The van der Waals surface area contributed by atoms with Crippen LogP contribution in [0.15, 0.2) is 54.6 Å². The molecule has 1 amide bonds. The van der Waals surface area contributed by atoms with Gasteiger partial charge in [-0.2, -0.15) is 0 Å². The molecule has 1 heterocycles. The molecule has 0 atom stereocenters. The molecule has 0 radical (unpaired) electrons. The second-order valence-corrected chi connectivity index (χ2v) is 6.81. The van der Waals surface area contributed by atoms with E-state index in [0.29, 0.717) is 11.3 Å². The molecule has 7 heteroatoms. The fourth-order valence-electron chi connectivity index (χ4n) is 2.53. The van der Waals surface area contributed by atoms with Crippen LogP contribution >= 0.6 is 11.3 Å². The lowest BCUT2D eigenvalue weighted by Crippen LogP contribution is -2.09. The normalized spacial score (nSPS) is 10.9. The highest BCUT2D eigenvalue weighted by Gasteiger charge is 2.12. The van der Waals surface area contributed by atoms with E-state index in [1.807, 2.05) is 0 Å². The number of nitrogens with one attached hydrogen (secondary N) is 1. The molecule has 0 spiro atoms. The number of hydrogen-bond acceptors (Lipinski definition) is 4. The Labute approximate surface area is 165 Å². The molecule has 2 aromatic carbocycles. The van der Waals surface area contributed by atoms with Crippen molar-refractivity contribution in [2.24, 2.45) is 0 Å². The summed E-state index contributed by atoms with van der Waals surface area (Å²) < 4.78 is 38.1. The quantitative estimate of drug-likeness (QED) is 0.566. The van der Waals surface area contributed by atoms with Crippen LogP contribution in [0.3, 0.4) is 0 Å². The molecule has 0 aliphatic heterocycles. The van der Waals surface area contributed by atoms with Crippen LogP contribution in [0.5, 0.6) is 11.5 Å². The summed E-state index contributed by atoms with van der Waals surface area (Å²) in [5, 5.41) is 2.46. The van der Waals surface area contributed by atoms with Gasteiger partial charge in [0.1, 0.15) is 5.82 Å². The molecule has 0 aliphatic rings. The van der Waals surface area contributed by atoms with Crippen LogP contribution in [0.2, 0.25) is 0 Å². The van der Waals surface area contributed by atoms with Crippen molar-refractivity contribution in [1.29, 1.82) is 0 Å². The molecule has 0 saturated carbocycles. The van der Waals surface area contributed by atoms with Crippen LogP contribution in [-0.4, -0.2) is 20.1 Å². The number of ether oxygens (including phenoxy) is 2. The summed E-state index contributed by atoms with van der Waals surface area (Å²) in [6.07, 6.45) is 2.87. The zero-order chi connectivity index (χ0) is 20.1. The second-order valence-electron chi connectivity index (χ2n) is 5.69. The van der Waals surface area contributed by atoms with Crippen LogP contribution in [0.1, 0.15) is 4.88 Å². The maximum atomic E-state index is 14.1. The van der Waals surface area contributed by atoms with Crippen molar-refractivity contribution in [3.63, 3.8) is 0 Å². The molecule has 4 nitrogen and oxygen atoms in total. The van der Waals surface area contributed by atoms with Crippen molar-refractivity contribution in [1.82, 2.24) is 0 Å². The van der Waals surface area contributed by atoms with Crippen molar-refractivity contribution in [2.75, 3.05) is 19.5 Å². The lowest BCUT2D eigenvalue weighted by Gasteiger charge is -2.11. The van der Waals surface area contributed by atoms with Crippen molar-refractivity contribution in [3.05, 3.63) is 71.1 Å². The topological polar surface area (TPSA) is 47.6 Å². The third kappa shape index (κ3) is 4.37. The highest BCUT2D eigenvalue weighted by Crippen LogP contribution is 2.33. The standard InChI is InChI=1S/C21H17F2NO3S/c1-26-18-11-16(23)17(12-19(18)27-2)24-21(25)10-8-13-7-9-20(28-13)14-5-3-4-6-15(14)22/h3-12H,1-2H3,(H,24,25). The number of halogens is 2. The lowest BCUT2D eigenvalue weighted by molar-refractivity contribution is -0.111. The van der Waals surface area contributed by atoms with Gasteiger partial charge < -0.3 is 14.8 Å². The van der Waals surface area contributed by atoms with Crippen LogP contribution in [0, 0.1) is 11.6 Å². The average molecular weight is 401 g/mol. The number of hydrogen-bond donors (Lipinski definition) is 1. The first-order chi connectivity index (χ1) is 13.5. The Kier molecular flexibility index (Phi) is 6.06. The largest absolute Gasteiger partial charge is 0.493 e. The summed E-state index contributed by atoms with van der Waals surface area (Å²) in [6, 6.07) is 12.5. The molecule has 3 aromatic rings. The number of benzene rings is 2. The van der Waals surface area contributed by atoms with E-state index in [9.17, 15) is 13.6 Å². The smallest absolute Gasteiger partial charge is 0.248 e. The van der Waals surface area contributed by atoms with Crippen LogP contribution in [-0.2, 0) is 4.79 Å². The zero-order valence-electron chi connectivity index (χ0n) is 15.2. The number of amides is 1. The van der Waals surface area contributed by atoms with E-state index in [1.54, 1.807) is 36.4 Å². The van der Waals surface area contributed by atoms with Gasteiger partial charge in [-0.05, 0) is 24.3 Å². The van der Waals surface area contributed by atoms with Gasteiger partial charge in [0.2, 0.25) is 5.91 Å². The number of anilines is 1. The van der Waals surface area contributed by atoms with Crippen molar-refractivity contribution < 1.29 is 23.0 Å². The first kappa shape index (κ1) is 19.6. The zero-order valence-corrected chi connectivity index (χ0v) is 16.0. The van der Waals surface area contributed by atoms with Gasteiger partial charge >= 0.3 is 0 Å². The van der Waals surface area contributed by atoms with Gasteiger partial charge in [0.05, 0.1) is 19.9 Å². The van der Waals surface area contributed by atoms with Crippen LogP contribution < -0.4 is 14.8 Å². The maximum absolute atomic E-state index is 14.1. The van der Waals surface area contributed by atoms with Gasteiger partial charge in [-0.1, -0.05) is 18.2 Å².